The summed E-state index contributed by atoms with van der Waals surface area (Å²) in [5.74, 6) is 7.59. The number of fused-ring (bicyclic) bond motifs is 8. The molecule has 4 aliphatic carbocycles. The highest BCUT2D eigenvalue weighted by atomic mass is 14.8. The van der Waals surface area contributed by atoms with Crippen molar-refractivity contribution in [1.29, 1.82) is 0 Å². The lowest BCUT2D eigenvalue weighted by Gasteiger charge is -2.27. The summed E-state index contributed by atoms with van der Waals surface area (Å²) >= 11 is 0. The van der Waals surface area contributed by atoms with Gasteiger partial charge in [-0.2, -0.15) is 0 Å². The second-order valence-corrected chi connectivity index (χ2v) is 17.7. The van der Waals surface area contributed by atoms with E-state index in [2.05, 4.69) is 193 Å². The van der Waals surface area contributed by atoms with Crippen molar-refractivity contribution in [3.63, 3.8) is 0 Å². The lowest BCUT2D eigenvalue weighted by atomic mass is 9.77. The molecule has 2 heteroatoms. The highest BCUT2D eigenvalue weighted by Crippen LogP contribution is 2.63. The van der Waals surface area contributed by atoms with E-state index in [1.807, 2.05) is 25.1 Å². The zero-order valence-electron chi connectivity index (χ0n) is 36.9. The van der Waals surface area contributed by atoms with Crippen LogP contribution >= 0.6 is 0 Å². The smallest absolute Gasteiger partial charge is 0.0716 e. The van der Waals surface area contributed by atoms with Crippen LogP contribution in [0.1, 0.15) is 83.4 Å². The summed E-state index contributed by atoms with van der Waals surface area (Å²) in [7, 11) is 0. The first-order valence-corrected chi connectivity index (χ1v) is 23.1. The zero-order valence-corrected chi connectivity index (χ0v) is 36.9. The molecule has 2 nitrogen and oxygen atoms in total. The van der Waals surface area contributed by atoms with Crippen molar-refractivity contribution in [2.75, 3.05) is 0 Å². The Balaban J connectivity index is 0.882. The largest absolute Gasteiger partial charge is 0.280 e. The summed E-state index contributed by atoms with van der Waals surface area (Å²) in [5, 5.41) is 0. The Morgan fingerprint density at radius 2 is 1.40 bits per heavy atom. The van der Waals surface area contributed by atoms with Crippen LogP contribution in [0.15, 0.2) is 209 Å². The lowest BCUT2D eigenvalue weighted by Crippen LogP contribution is -2.11. The zero-order chi connectivity index (χ0) is 43.7. The topological polar surface area (TPSA) is 24.7 Å². The molecule has 1 fully saturated rings. The van der Waals surface area contributed by atoms with Crippen LogP contribution in [0.2, 0.25) is 0 Å². The van der Waals surface area contributed by atoms with Crippen LogP contribution in [-0.2, 0) is 13.0 Å². The Bertz CT molecular complexity index is 3230. The van der Waals surface area contributed by atoms with Gasteiger partial charge in [-0.1, -0.05) is 170 Å². The number of benzene rings is 7. The second-order valence-electron chi connectivity index (χ2n) is 17.7. The number of hydrogen-bond acceptors (Lipinski definition) is 2. The molecule has 0 radical (unpaired) electrons. The van der Waals surface area contributed by atoms with E-state index in [4.69, 9.17) is 4.99 Å². The first kappa shape index (κ1) is 40.2. The van der Waals surface area contributed by atoms with Gasteiger partial charge in [0.2, 0.25) is 0 Å². The Morgan fingerprint density at radius 1 is 0.662 bits per heavy atom. The number of allylic oxidation sites excluding steroid dienone is 7. The molecule has 0 aliphatic heterocycles. The van der Waals surface area contributed by atoms with Crippen LogP contribution in [-0.4, -0.2) is 12.4 Å². The number of hydrogen-bond donors (Lipinski definition) is 0. The Morgan fingerprint density at radius 3 is 2.23 bits per heavy atom. The molecule has 0 aromatic heterocycles. The normalized spacial score (nSPS) is 17.5. The molecule has 0 bridgehead atoms. The van der Waals surface area contributed by atoms with Gasteiger partial charge in [-0.3, -0.25) is 9.98 Å². The molecular formula is C63H50N2. The van der Waals surface area contributed by atoms with E-state index in [1.165, 1.54) is 89.9 Å². The molecule has 11 rings (SSSR count). The molecular weight excluding hydrogens is 785 g/mol. The second kappa shape index (κ2) is 17.5. The minimum Gasteiger partial charge on any atom is -0.280 e. The van der Waals surface area contributed by atoms with Gasteiger partial charge in [-0.05, 0) is 164 Å². The van der Waals surface area contributed by atoms with Crippen molar-refractivity contribution in [2.24, 2.45) is 9.98 Å². The van der Waals surface area contributed by atoms with Gasteiger partial charge in [0.25, 0.3) is 0 Å². The van der Waals surface area contributed by atoms with Crippen LogP contribution in [0.3, 0.4) is 0 Å². The van der Waals surface area contributed by atoms with Gasteiger partial charge >= 0.3 is 0 Å². The van der Waals surface area contributed by atoms with Crippen molar-refractivity contribution < 1.29 is 0 Å². The molecule has 0 spiro atoms. The SMILES string of the molecule is C=N/C(=C\C(=NCc1cccc(-c2ccc(-c3cccc(-c4cccc5c4C4CC4c4ccccc4-5)c3)cc2)c1)c1ccc2c(c1)C/C(=C\CC#CC)C1=C2C=CCC1)c1ccccc1. The summed E-state index contributed by atoms with van der Waals surface area (Å²) in [4.78, 5) is 9.85. The summed E-state index contributed by atoms with van der Waals surface area (Å²) in [6.07, 6.45) is 14.1. The summed E-state index contributed by atoms with van der Waals surface area (Å²) in [6, 6.07) is 60.0. The average molecular weight is 835 g/mol. The minimum atomic E-state index is 0.524. The van der Waals surface area contributed by atoms with E-state index in [0.717, 1.165) is 53.8 Å². The van der Waals surface area contributed by atoms with Gasteiger partial charge in [0.1, 0.15) is 0 Å². The summed E-state index contributed by atoms with van der Waals surface area (Å²) in [5.41, 5.74) is 25.1. The molecule has 0 saturated heterocycles. The maximum absolute atomic E-state index is 5.35. The first-order valence-electron chi connectivity index (χ1n) is 23.1. The van der Waals surface area contributed by atoms with Gasteiger partial charge < -0.3 is 0 Å². The van der Waals surface area contributed by atoms with E-state index < -0.39 is 0 Å². The third kappa shape index (κ3) is 7.89. The predicted octanol–water partition coefficient (Wildman–Crippen LogP) is 15.7. The molecule has 2 unspecified atom stereocenters. The summed E-state index contributed by atoms with van der Waals surface area (Å²) < 4.78 is 0. The van der Waals surface area contributed by atoms with Crippen LogP contribution in [0.25, 0.3) is 55.8 Å². The van der Waals surface area contributed by atoms with Crippen LogP contribution in [0.4, 0.5) is 0 Å². The maximum atomic E-state index is 5.35. The van der Waals surface area contributed by atoms with Crippen molar-refractivity contribution >= 4 is 23.7 Å². The molecule has 0 N–H and O–H groups in total. The van der Waals surface area contributed by atoms with Crippen LogP contribution in [0, 0.1) is 11.8 Å². The van der Waals surface area contributed by atoms with Crippen molar-refractivity contribution in [1.82, 2.24) is 0 Å². The minimum absolute atomic E-state index is 0.524. The van der Waals surface area contributed by atoms with Crippen molar-refractivity contribution in [2.45, 2.75) is 57.4 Å². The molecule has 1 saturated carbocycles. The monoisotopic (exact) mass is 834 g/mol. The number of aliphatic imine (C=N–C) groups is 2. The summed E-state index contributed by atoms with van der Waals surface area (Å²) in [6.45, 7) is 6.41. The number of nitrogens with zero attached hydrogens (tertiary/aromatic N) is 2. The third-order valence-electron chi connectivity index (χ3n) is 13.8. The van der Waals surface area contributed by atoms with Crippen molar-refractivity contribution in [3.8, 4) is 56.3 Å². The maximum Gasteiger partial charge on any atom is 0.0716 e. The first-order chi connectivity index (χ1) is 32.1. The van der Waals surface area contributed by atoms with Gasteiger partial charge in [-0.15, -0.1) is 5.92 Å². The fourth-order valence-corrected chi connectivity index (χ4v) is 10.5. The standard InChI is InChI=1S/C63H50N2/c1-3-4-6-19-48-37-51-38-50(33-34-53(51)55-24-10-9-23-52(48)55)62(40-61(64-2)45-17-7-5-8-18-45)65-41-42-16-13-20-46(35-42)43-29-31-44(32-30-43)47-21-14-22-49(36-47)54-27-15-28-58-56-25-11-12-26-57(56)59-39-60(59)63(54)58/h5,7-8,10-22,24-36,38,40,59-60H,2,6,9,23,37,39,41H2,1H3/b48-19+,61-40-,65-62?. The highest BCUT2D eigenvalue weighted by molar-refractivity contribution is 6.12. The number of rotatable bonds is 10. The molecule has 4 aliphatic rings. The molecule has 0 amide bonds. The molecule has 7 aromatic carbocycles. The Kier molecular flexibility index (Phi) is 10.8. The van der Waals surface area contributed by atoms with Crippen molar-refractivity contribution in [3.05, 3.63) is 238 Å². The Hall–Kier alpha value is -7.60. The molecule has 0 heterocycles. The quantitative estimate of drug-likeness (QED) is 0.0969. The fourth-order valence-electron chi connectivity index (χ4n) is 10.5. The van der Waals surface area contributed by atoms with E-state index in [0.29, 0.717) is 18.4 Å². The van der Waals surface area contributed by atoms with Crippen LogP contribution in [0.5, 0.6) is 0 Å². The Labute approximate surface area is 383 Å². The van der Waals surface area contributed by atoms with E-state index in [1.54, 1.807) is 0 Å². The highest BCUT2D eigenvalue weighted by Gasteiger charge is 2.46. The van der Waals surface area contributed by atoms with E-state index >= 15 is 0 Å². The fraction of sp³-hybridized carbons (Fsp3) is 0.143. The van der Waals surface area contributed by atoms with Gasteiger partial charge in [-0.25, -0.2) is 0 Å². The van der Waals surface area contributed by atoms with Crippen LogP contribution < -0.4 is 0 Å². The van der Waals surface area contributed by atoms with Gasteiger partial charge in [0.05, 0.1) is 18.0 Å². The molecule has 7 aromatic rings. The van der Waals surface area contributed by atoms with E-state index in [-0.39, 0.29) is 0 Å². The molecule has 2 atom stereocenters. The molecule has 65 heavy (non-hydrogen) atoms. The third-order valence-corrected chi connectivity index (χ3v) is 13.8. The van der Waals surface area contributed by atoms with E-state index in [9.17, 15) is 0 Å². The predicted molar refractivity (Wildman–Crippen MR) is 274 cm³/mol. The lowest BCUT2D eigenvalue weighted by molar-refractivity contribution is 0.933. The average Bonchev–Trinajstić information content (AvgIpc) is 4.19. The van der Waals surface area contributed by atoms with Gasteiger partial charge in [0, 0.05) is 17.5 Å². The van der Waals surface area contributed by atoms with Gasteiger partial charge in [0.15, 0.2) is 0 Å². The molecule has 312 valence electrons.